The van der Waals surface area contributed by atoms with Gasteiger partial charge in [0, 0.05) is 17.7 Å². The summed E-state index contributed by atoms with van der Waals surface area (Å²) in [7, 11) is 1.25. The number of methoxy groups -OCH3 is 1. The Morgan fingerprint density at radius 1 is 1.19 bits per heavy atom. The van der Waals surface area contributed by atoms with Crippen molar-refractivity contribution in [1.82, 2.24) is 5.32 Å². The zero-order valence-electron chi connectivity index (χ0n) is 15.0. The number of amides is 1. The second-order valence-corrected chi connectivity index (χ2v) is 6.71. The molecule has 0 saturated heterocycles. The first-order valence-corrected chi connectivity index (χ1v) is 9.58. The van der Waals surface area contributed by atoms with Gasteiger partial charge in [0.1, 0.15) is 6.04 Å². The number of carbonyl (C=O) groups excluding carboxylic acids is 2. The van der Waals surface area contributed by atoms with Crippen LogP contribution in [0.25, 0.3) is 11.1 Å². The molecule has 0 spiro atoms. The summed E-state index contributed by atoms with van der Waals surface area (Å²) in [6, 6.07) is 12.4. The van der Waals surface area contributed by atoms with Gasteiger partial charge in [-0.05, 0) is 35.6 Å². The molecule has 0 fully saturated rings. The number of nitrogens with one attached hydrogen (secondary N) is 1. The summed E-state index contributed by atoms with van der Waals surface area (Å²) in [5.41, 5.74) is 1.22. The fraction of sp³-hybridized carbons (Fsp3) is 0.263. The van der Waals surface area contributed by atoms with E-state index in [1.807, 2.05) is 24.5 Å². The van der Waals surface area contributed by atoms with Crippen LogP contribution in [0, 0.1) is 10.1 Å². The van der Waals surface area contributed by atoms with E-state index in [9.17, 15) is 19.7 Å². The zero-order chi connectivity index (χ0) is 19.8. The summed E-state index contributed by atoms with van der Waals surface area (Å²) in [5.74, 6) is -0.456. The Morgan fingerprint density at radius 2 is 1.89 bits per heavy atom. The first-order chi connectivity index (χ1) is 13.0. The van der Waals surface area contributed by atoms with Crippen LogP contribution in [0.1, 0.15) is 16.8 Å². The van der Waals surface area contributed by atoms with Crippen molar-refractivity contribution in [3.63, 3.8) is 0 Å². The molecule has 1 amide bonds. The van der Waals surface area contributed by atoms with E-state index in [1.165, 1.54) is 31.0 Å². The predicted octanol–water partition coefficient (Wildman–Crippen LogP) is 3.29. The lowest BCUT2D eigenvalue weighted by atomic mass is 10.0. The largest absolute Gasteiger partial charge is 0.467 e. The molecule has 27 heavy (non-hydrogen) atoms. The summed E-state index contributed by atoms with van der Waals surface area (Å²) in [6.45, 7) is 0. The molecule has 0 radical (unpaired) electrons. The number of hydrogen-bond donors (Lipinski definition) is 1. The molecule has 0 aliphatic heterocycles. The maximum atomic E-state index is 12.6. The van der Waals surface area contributed by atoms with Gasteiger partial charge in [0.25, 0.3) is 11.6 Å². The highest BCUT2D eigenvalue weighted by Crippen LogP contribution is 2.26. The monoisotopic (exact) mass is 388 g/mol. The number of rotatable bonds is 8. The van der Waals surface area contributed by atoms with Crippen molar-refractivity contribution in [3.05, 3.63) is 64.2 Å². The summed E-state index contributed by atoms with van der Waals surface area (Å²) < 4.78 is 4.73. The molecule has 1 atom stereocenters. The molecule has 2 aromatic rings. The third-order valence-corrected chi connectivity index (χ3v) is 4.54. The van der Waals surface area contributed by atoms with Gasteiger partial charge < -0.3 is 10.1 Å². The minimum Gasteiger partial charge on any atom is -0.467 e. The Morgan fingerprint density at radius 3 is 2.48 bits per heavy atom. The number of benzene rings is 2. The number of non-ortho nitro benzene ring substituents is 1. The first kappa shape index (κ1) is 20.4. The highest BCUT2D eigenvalue weighted by atomic mass is 32.2. The number of nitrogens with zero attached hydrogens (tertiary/aromatic N) is 1. The maximum absolute atomic E-state index is 12.6. The van der Waals surface area contributed by atoms with Gasteiger partial charge in [-0.3, -0.25) is 14.9 Å². The molecule has 2 rings (SSSR count). The Hall–Kier alpha value is -2.87. The van der Waals surface area contributed by atoms with E-state index in [4.69, 9.17) is 4.74 Å². The molecule has 7 nitrogen and oxygen atoms in total. The molecule has 0 heterocycles. The number of esters is 1. The SMILES string of the molecule is COC(=O)[C@H](CCSC)NC(=O)c1cc(-c2ccccc2)cc([N+](=O)[O-])c1. The smallest absolute Gasteiger partial charge is 0.328 e. The van der Waals surface area contributed by atoms with E-state index in [0.717, 1.165) is 5.56 Å². The Bertz CT molecular complexity index is 826. The van der Waals surface area contributed by atoms with Crippen molar-refractivity contribution in [3.8, 4) is 11.1 Å². The number of nitro groups is 1. The van der Waals surface area contributed by atoms with Gasteiger partial charge in [0.15, 0.2) is 0 Å². The molecule has 0 aliphatic carbocycles. The molecule has 0 aliphatic rings. The van der Waals surface area contributed by atoms with Crippen molar-refractivity contribution < 1.29 is 19.2 Å². The quantitative estimate of drug-likeness (QED) is 0.423. The van der Waals surface area contributed by atoms with Gasteiger partial charge in [-0.25, -0.2) is 4.79 Å². The highest BCUT2D eigenvalue weighted by Gasteiger charge is 2.23. The van der Waals surface area contributed by atoms with Gasteiger partial charge in [0.2, 0.25) is 0 Å². The molecule has 0 aromatic heterocycles. The Kier molecular flexibility index (Phi) is 7.36. The van der Waals surface area contributed by atoms with E-state index in [2.05, 4.69) is 5.32 Å². The standard InChI is InChI=1S/C19H20N2O5S/c1-26-19(23)17(8-9-27-2)20-18(22)15-10-14(11-16(12-15)21(24)25)13-6-4-3-5-7-13/h3-7,10-12,17H,8-9H2,1-2H3,(H,20,22)/t17-/m0/s1. The van der Waals surface area contributed by atoms with E-state index < -0.39 is 22.8 Å². The van der Waals surface area contributed by atoms with Crippen molar-refractivity contribution in [2.45, 2.75) is 12.5 Å². The second kappa shape index (κ2) is 9.72. The zero-order valence-corrected chi connectivity index (χ0v) is 15.8. The fourth-order valence-electron chi connectivity index (χ4n) is 2.51. The topological polar surface area (TPSA) is 98.5 Å². The lowest BCUT2D eigenvalue weighted by molar-refractivity contribution is -0.384. The third-order valence-electron chi connectivity index (χ3n) is 3.90. The van der Waals surface area contributed by atoms with E-state index in [1.54, 1.807) is 18.2 Å². The van der Waals surface area contributed by atoms with Crippen LogP contribution in [0.15, 0.2) is 48.5 Å². The maximum Gasteiger partial charge on any atom is 0.328 e. The lowest BCUT2D eigenvalue weighted by Gasteiger charge is -2.16. The molecule has 8 heteroatoms. The Labute approximate surface area is 161 Å². The molecular weight excluding hydrogens is 368 g/mol. The van der Waals surface area contributed by atoms with Crippen molar-refractivity contribution in [2.75, 3.05) is 19.1 Å². The molecule has 0 bridgehead atoms. The Balaban J connectivity index is 2.35. The van der Waals surface area contributed by atoms with Crippen molar-refractivity contribution in [2.24, 2.45) is 0 Å². The minimum absolute atomic E-state index is 0.112. The van der Waals surface area contributed by atoms with Crippen LogP contribution in [0.3, 0.4) is 0 Å². The van der Waals surface area contributed by atoms with Crippen LogP contribution in [0.2, 0.25) is 0 Å². The van der Waals surface area contributed by atoms with Gasteiger partial charge in [0.05, 0.1) is 12.0 Å². The minimum atomic E-state index is -0.811. The van der Waals surface area contributed by atoms with Crippen molar-refractivity contribution >= 4 is 29.3 Å². The predicted molar refractivity (Wildman–Crippen MR) is 105 cm³/mol. The highest BCUT2D eigenvalue weighted by molar-refractivity contribution is 7.98. The number of thioether (sulfide) groups is 1. The molecule has 0 unspecified atom stereocenters. The van der Waals surface area contributed by atoms with Gasteiger partial charge >= 0.3 is 5.97 Å². The second-order valence-electron chi connectivity index (χ2n) is 5.72. The van der Waals surface area contributed by atoms with E-state index >= 15 is 0 Å². The van der Waals surface area contributed by atoms with Crippen LogP contribution in [0.4, 0.5) is 5.69 Å². The van der Waals surface area contributed by atoms with Gasteiger partial charge in [-0.15, -0.1) is 0 Å². The number of hydrogen-bond acceptors (Lipinski definition) is 6. The molecule has 142 valence electrons. The summed E-state index contributed by atoms with van der Waals surface area (Å²) in [6.07, 6.45) is 2.29. The number of ether oxygens (including phenoxy) is 1. The average molecular weight is 388 g/mol. The normalized spacial score (nSPS) is 11.5. The number of nitro benzene ring substituents is 1. The molecular formula is C19H20N2O5S. The molecule has 0 saturated carbocycles. The molecule has 1 N–H and O–H groups in total. The molecule has 2 aromatic carbocycles. The average Bonchev–Trinajstić information content (AvgIpc) is 2.70. The van der Waals surface area contributed by atoms with Crippen LogP contribution in [-0.4, -0.2) is 42.0 Å². The van der Waals surface area contributed by atoms with Crippen LogP contribution < -0.4 is 5.32 Å². The summed E-state index contributed by atoms with van der Waals surface area (Å²) in [5, 5.41) is 13.9. The van der Waals surface area contributed by atoms with Crippen molar-refractivity contribution in [1.29, 1.82) is 0 Å². The lowest BCUT2D eigenvalue weighted by Crippen LogP contribution is -2.42. The fourth-order valence-corrected chi connectivity index (χ4v) is 2.98. The third kappa shape index (κ3) is 5.55. The summed E-state index contributed by atoms with van der Waals surface area (Å²) in [4.78, 5) is 35.3. The van der Waals surface area contributed by atoms with E-state index in [-0.39, 0.29) is 11.3 Å². The first-order valence-electron chi connectivity index (χ1n) is 8.18. The van der Waals surface area contributed by atoms with Gasteiger partial charge in [-0.2, -0.15) is 11.8 Å². The number of carbonyl (C=O) groups is 2. The van der Waals surface area contributed by atoms with Crippen LogP contribution >= 0.6 is 11.8 Å². The van der Waals surface area contributed by atoms with Crippen LogP contribution in [0.5, 0.6) is 0 Å². The van der Waals surface area contributed by atoms with Crippen LogP contribution in [-0.2, 0) is 9.53 Å². The van der Waals surface area contributed by atoms with Gasteiger partial charge in [-0.1, -0.05) is 30.3 Å². The van der Waals surface area contributed by atoms with E-state index in [0.29, 0.717) is 17.7 Å². The summed E-state index contributed by atoms with van der Waals surface area (Å²) >= 11 is 1.54.